The third kappa shape index (κ3) is 2.29. The topological polar surface area (TPSA) is 38.0 Å². The van der Waals surface area contributed by atoms with Gasteiger partial charge in [-0.15, -0.1) is 11.3 Å². The van der Waals surface area contributed by atoms with Crippen molar-refractivity contribution in [2.45, 2.75) is 19.4 Å². The van der Waals surface area contributed by atoms with Gasteiger partial charge in [0, 0.05) is 10.4 Å². The molecule has 5 heteroatoms. The summed E-state index contributed by atoms with van der Waals surface area (Å²) in [7, 11) is 0. The molecule has 2 rings (SSSR count). The van der Waals surface area contributed by atoms with Crippen LogP contribution in [-0.4, -0.2) is 0 Å². The second-order valence-electron chi connectivity index (χ2n) is 3.91. The predicted octanol–water partition coefficient (Wildman–Crippen LogP) is 3.14. The summed E-state index contributed by atoms with van der Waals surface area (Å²) in [5.41, 5.74) is 3.89. The first-order valence-corrected chi connectivity index (χ1v) is 6.53. The highest BCUT2D eigenvalue weighted by Crippen LogP contribution is 2.31. The van der Waals surface area contributed by atoms with Gasteiger partial charge in [0.25, 0.3) is 0 Å². The van der Waals surface area contributed by atoms with Gasteiger partial charge in [0.05, 0.1) is 6.04 Å². The van der Waals surface area contributed by atoms with E-state index in [1.807, 2.05) is 18.4 Å². The van der Waals surface area contributed by atoms with Crippen LogP contribution in [0.25, 0.3) is 0 Å². The third-order valence-electron chi connectivity index (χ3n) is 2.88. The maximum atomic E-state index is 13.8. The molecule has 0 bridgehead atoms. The van der Waals surface area contributed by atoms with Crippen molar-refractivity contribution >= 4 is 11.3 Å². The van der Waals surface area contributed by atoms with Crippen LogP contribution >= 0.6 is 11.3 Å². The van der Waals surface area contributed by atoms with Crippen LogP contribution in [-0.2, 0) is 6.42 Å². The molecule has 2 nitrogen and oxygen atoms in total. The van der Waals surface area contributed by atoms with E-state index in [9.17, 15) is 8.78 Å². The molecular weight excluding hydrogens is 254 g/mol. The summed E-state index contributed by atoms with van der Waals surface area (Å²) in [4.78, 5) is 0.921. The normalized spacial score (nSPS) is 12.7. The first-order chi connectivity index (χ1) is 8.69. The quantitative estimate of drug-likeness (QED) is 0.660. The average Bonchev–Trinajstić information content (AvgIpc) is 2.83. The molecule has 0 fully saturated rings. The Labute approximate surface area is 108 Å². The van der Waals surface area contributed by atoms with Gasteiger partial charge in [-0.2, -0.15) is 0 Å². The summed E-state index contributed by atoms with van der Waals surface area (Å²) in [5.74, 6) is 3.80. The highest BCUT2D eigenvalue weighted by atomic mass is 32.1. The van der Waals surface area contributed by atoms with Crippen molar-refractivity contribution in [3.05, 3.63) is 57.3 Å². The van der Waals surface area contributed by atoms with E-state index >= 15 is 0 Å². The van der Waals surface area contributed by atoms with Crippen LogP contribution in [0, 0.1) is 11.6 Å². The van der Waals surface area contributed by atoms with E-state index < -0.39 is 17.7 Å². The van der Waals surface area contributed by atoms with Crippen molar-refractivity contribution in [3.63, 3.8) is 0 Å². The van der Waals surface area contributed by atoms with Crippen LogP contribution in [0.4, 0.5) is 8.78 Å². The number of aryl methyl sites for hydroxylation is 1. The summed E-state index contributed by atoms with van der Waals surface area (Å²) in [6.07, 6.45) is 0.827. The molecule has 1 aromatic heterocycles. The first kappa shape index (κ1) is 13.1. The lowest BCUT2D eigenvalue weighted by Crippen LogP contribution is -2.29. The number of nitrogens with one attached hydrogen (secondary N) is 1. The van der Waals surface area contributed by atoms with Crippen LogP contribution in [0.3, 0.4) is 0 Å². The molecule has 18 heavy (non-hydrogen) atoms. The molecule has 2 aromatic rings. The maximum Gasteiger partial charge on any atom is 0.164 e. The SMILES string of the molecule is CCc1ccsc1C(NN)c1cccc(F)c1F. The molecule has 1 unspecified atom stereocenters. The van der Waals surface area contributed by atoms with Gasteiger partial charge in [0.2, 0.25) is 0 Å². The van der Waals surface area contributed by atoms with E-state index in [4.69, 9.17) is 5.84 Å². The van der Waals surface area contributed by atoms with Crippen molar-refractivity contribution in [2.24, 2.45) is 5.84 Å². The zero-order valence-corrected chi connectivity index (χ0v) is 10.7. The molecule has 0 saturated carbocycles. The van der Waals surface area contributed by atoms with Gasteiger partial charge in [-0.05, 0) is 29.5 Å². The number of hydrogen-bond donors (Lipinski definition) is 2. The van der Waals surface area contributed by atoms with Crippen LogP contribution < -0.4 is 11.3 Å². The van der Waals surface area contributed by atoms with E-state index in [2.05, 4.69) is 5.43 Å². The zero-order chi connectivity index (χ0) is 13.1. The molecule has 0 aliphatic carbocycles. The molecule has 1 atom stereocenters. The van der Waals surface area contributed by atoms with Gasteiger partial charge in [-0.1, -0.05) is 19.1 Å². The number of thiophene rings is 1. The largest absolute Gasteiger partial charge is 0.271 e. The molecule has 0 aliphatic rings. The fraction of sp³-hybridized carbons (Fsp3) is 0.231. The number of nitrogens with two attached hydrogens (primary N) is 1. The molecule has 1 aromatic carbocycles. The van der Waals surface area contributed by atoms with Crippen molar-refractivity contribution < 1.29 is 8.78 Å². The summed E-state index contributed by atoms with van der Waals surface area (Å²) in [6.45, 7) is 2.01. The van der Waals surface area contributed by atoms with Crippen LogP contribution in [0.15, 0.2) is 29.6 Å². The standard InChI is InChI=1S/C13H14F2N2S/c1-2-8-6-7-18-13(8)12(17-16)9-4-3-5-10(14)11(9)15/h3-7,12,17H,2,16H2,1H3. The van der Waals surface area contributed by atoms with E-state index in [0.717, 1.165) is 22.9 Å². The Morgan fingerprint density at radius 3 is 2.78 bits per heavy atom. The van der Waals surface area contributed by atoms with Gasteiger partial charge in [0.1, 0.15) is 0 Å². The van der Waals surface area contributed by atoms with Gasteiger partial charge in [0.15, 0.2) is 11.6 Å². The van der Waals surface area contributed by atoms with Gasteiger partial charge < -0.3 is 0 Å². The minimum Gasteiger partial charge on any atom is -0.271 e. The fourth-order valence-corrected chi connectivity index (χ4v) is 3.02. The van der Waals surface area contributed by atoms with Crippen molar-refractivity contribution in [1.29, 1.82) is 0 Å². The minimum atomic E-state index is -0.859. The average molecular weight is 268 g/mol. The second kappa shape index (κ2) is 5.56. The van der Waals surface area contributed by atoms with Gasteiger partial charge in [-0.3, -0.25) is 5.84 Å². The molecule has 3 N–H and O–H groups in total. The summed E-state index contributed by atoms with van der Waals surface area (Å²) in [6, 6.07) is 5.58. The van der Waals surface area contributed by atoms with Crippen molar-refractivity contribution in [2.75, 3.05) is 0 Å². The smallest absolute Gasteiger partial charge is 0.164 e. The molecule has 1 heterocycles. The summed E-state index contributed by atoms with van der Waals surface area (Å²) in [5, 5.41) is 1.93. The maximum absolute atomic E-state index is 13.8. The highest BCUT2D eigenvalue weighted by molar-refractivity contribution is 7.10. The Morgan fingerprint density at radius 1 is 1.33 bits per heavy atom. The molecule has 0 radical (unpaired) electrons. The Kier molecular flexibility index (Phi) is 4.06. The number of hydrazine groups is 1. The number of benzene rings is 1. The fourth-order valence-electron chi connectivity index (χ4n) is 1.94. The molecule has 0 amide bonds. The van der Waals surface area contributed by atoms with Gasteiger partial charge in [-0.25, -0.2) is 14.2 Å². The van der Waals surface area contributed by atoms with E-state index in [0.29, 0.717) is 0 Å². The van der Waals surface area contributed by atoms with E-state index in [1.54, 1.807) is 6.07 Å². The second-order valence-corrected chi connectivity index (χ2v) is 4.85. The van der Waals surface area contributed by atoms with Crippen LogP contribution in [0.1, 0.15) is 29.0 Å². The Balaban J connectivity index is 2.49. The Hall–Kier alpha value is -1.30. The van der Waals surface area contributed by atoms with E-state index in [-0.39, 0.29) is 5.56 Å². The van der Waals surface area contributed by atoms with Crippen LogP contribution in [0.5, 0.6) is 0 Å². The first-order valence-electron chi connectivity index (χ1n) is 5.65. The molecule has 0 spiro atoms. The highest BCUT2D eigenvalue weighted by Gasteiger charge is 2.21. The monoisotopic (exact) mass is 268 g/mol. The number of halogens is 2. The summed E-state index contributed by atoms with van der Waals surface area (Å²) >= 11 is 1.48. The van der Waals surface area contributed by atoms with Gasteiger partial charge >= 0.3 is 0 Å². The number of hydrogen-bond acceptors (Lipinski definition) is 3. The lowest BCUT2D eigenvalue weighted by molar-refractivity contribution is 0.484. The predicted molar refractivity (Wildman–Crippen MR) is 69.2 cm³/mol. The lowest BCUT2D eigenvalue weighted by Gasteiger charge is -2.17. The molecule has 0 aliphatic heterocycles. The third-order valence-corrected chi connectivity index (χ3v) is 3.91. The molecular formula is C13H14F2N2S. The Bertz CT molecular complexity index is 540. The minimum absolute atomic E-state index is 0.231. The van der Waals surface area contributed by atoms with Crippen molar-refractivity contribution in [1.82, 2.24) is 5.43 Å². The zero-order valence-electron chi connectivity index (χ0n) is 9.91. The van der Waals surface area contributed by atoms with Crippen molar-refractivity contribution in [3.8, 4) is 0 Å². The number of rotatable bonds is 4. The van der Waals surface area contributed by atoms with Crippen LogP contribution in [0.2, 0.25) is 0 Å². The summed E-state index contributed by atoms with van der Waals surface area (Å²) < 4.78 is 27.1. The molecule has 96 valence electrons. The van der Waals surface area contributed by atoms with E-state index in [1.165, 1.54) is 17.4 Å². The molecule has 0 saturated heterocycles. The Morgan fingerprint density at radius 2 is 2.11 bits per heavy atom. The lowest BCUT2D eigenvalue weighted by atomic mass is 10.0.